The summed E-state index contributed by atoms with van der Waals surface area (Å²) in [7, 11) is -0.285. The highest BCUT2D eigenvalue weighted by molar-refractivity contribution is 7.92. The lowest BCUT2D eigenvalue weighted by Gasteiger charge is -2.21. The molecule has 1 unspecified atom stereocenters. The molecular formula is C17H19NO4S. The number of ether oxygens (including phenoxy) is 1. The van der Waals surface area contributed by atoms with Crippen LogP contribution in [-0.4, -0.2) is 38.8 Å². The van der Waals surface area contributed by atoms with Gasteiger partial charge < -0.3 is 4.74 Å². The molecule has 0 aliphatic rings. The first-order valence-corrected chi connectivity index (χ1v) is 8.65. The summed E-state index contributed by atoms with van der Waals surface area (Å²) in [5.74, 6) is -0.555. The van der Waals surface area contributed by atoms with Crippen LogP contribution in [0, 0.1) is 0 Å². The van der Waals surface area contributed by atoms with Gasteiger partial charge in [-0.25, -0.2) is 13.2 Å². The van der Waals surface area contributed by atoms with Crippen molar-refractivity contribution in [3.8, 4) is 5.75 Å². The molecule has 0 heterocycles. The van der Waals surface area contributed by atoms with Gasteiger partial charge in [0.25, 0.3) is 0 Å². The van der Waals surface area contributed by atoms with Gasteiger partial charge in [-0.1, -0.05) is 30.3 Å². The predicted molar refractivity (Wildman–Crippen MR) is 88.2 cm³/mol. The van der Waals surface area contributed by atoms with Gasteiger partial charge in [-0.15, -0.1) is 0 Å². The first-order chi connectivity index (χ1) is 10.8. The zero-order valence-corrected chi connectivity index (χ0v) is 14.1. The third-order valence-electron chi connectivity index (χ3n) is 3.54. The van der Waals surface area contributed by atoms with E-state index in [0.29, 0.717) is 5.56 Å². The van der Waals surface area contributed by atoms with E-state index in [0.717, 1.165) is 0 Å². The van der Waals surface area contributed by atoms with E-state index < -0.39 is 21.2 Å². The molecule has 2 rings (SSSR count). The number of hydrogen-bond acceptors (Lipinski definition) is 5. The van der Waals surface area contributed by atoms with Crippen LogP contribution in [0.4, 0.5) is 0 Å². The Balaban J connectivity index is 2.37. The smallest absolute Gasteiger partial charge is 0.343 e. The zero-order valence-electron chi connectivity index (χ0n) is 13.3. The maximum Gasteiger partial charge on any atom is 0.343 e. The molecule has 0 spiro atoms. The van der Waals surface area contributed by atoms with Crippen LogP contribution >= 0.6 is 0 Å². The summed E-state index contributed by atoms with van der Waals surface area (Å²) in [6.07, 6.45) is 0. The van der Waals surface area contributed by atoms with Crippen molar-refractivity contribution in [2.24, 2.45) is 0 Å². The van der Waals surface area contributed by atoms with Crippen LogP contribution < -0.4 is 4.74 Å². The van der Waals surface area contributed by atoms with Crippen LogP contribution in [0.1, 0.15) is 17.3 Å². The third-order valence-corrected chi connectivity index (χ3v) is 5.81. The molecule has 1 atom stereocenters. The molecule has 0 bridgehead atoms. The van der Waals surface area contributed by atoms with Crippen LogP contribution in [0.3, 0.4) is 0 Å². The topological polar surface area (TPSA) is 63.7 Å². The number of carbonyl (C=O) groups excluding carboxylic acids is 1. The molecule has 6 heteroatoms. The molecule has 122 valence electrons. The Morgan fingerprint density at radius 2 is 1.57 bits per heavy atom. The summed E-state index contributed by atoms with van der Waals surface area (Å²) in [6, 6.07) is 14.6. The Morgan fingerprint density at radius 3 is 2.17 bits per heavy atom. The molecule has 0 saturated carbocycles. The third kappa shape index (κ3) is 3.78. The SMILES string of the molecule is CC(N(C)C)S(=O)(=O)c1ccccc1OC(=O)c1ccccc1. The second kappa shape index (κ2) is 6.93. The van der Waals surface area contributed by atoms with Crippen molar-refractivity contribution in [2.45, 2.75) is 17.2 Å². The molecule has 0 N–H and O–H groups in total. The van der Waals surface area contributed by atoms with Gasteiger partial charge in [0.1, 0.15) is 16.0 Å². The number of rotatable bonds is 5. The zero-order chi connectivity index (χ0) is 17.0. The molecule has 0 saturated heterocycles. The van der Waals surface area contributed by atoms with Gasteiger partial charge in [-0.3, -0.25) is 4.90 Å². The fourth-order valence-corrected chi connectivity index (χ4v) is 3.54. The Labute approximate surface area is 136 Å². The molecular weight excluding hydrogens is 314 g/mol. The minimum absolute atomic E-state index is 0.00508. The molecule has 23 heavy (non-hydrogen) atoms. The van der Waals surface area contributed by atoms with E-state index >= 15 is 0 Å². The molecule has 0 amide bonds. The van der Waals surface area contributed by atoms with Crippen LogP contribution in [0.15, 0.2) is 59.5 Å². The van der Waals surface area contributed by atoms with E-state index in [2.05, 4.69) is 0 Å². The Hall–Kier alpha value is -2.18. The first-order valence-electron chi connectivity index (χ1n) is 7.10. The lowest BCUT2D eigenvalue weighted by molar-refractivity contribution is 0.0730. The van der Waals surface area contributed by atoms with Gasteiger partial charge in [-0.2, -0.15) is 0 Å². The fraction of sp³-hybridized carbons (Fsp3) is 0.235. The Kier molecular flexibility index (Phi) is 5.18. The normalized spacial score (nSPS) is 12.9. The second-order valence-electron chi connectivity index (χ2n) is 5.31. The molecule has 2 aromatic carbocycles. The summed E-state index contributed by atoms with van der Waals surface area (Å²) in [5, 5.41) is -0.737. The quantitative estimate of drug-likeness (QED) is 0.622. The largest absolute Gasteiger partial charge is 0.422 e. The summed E-state index contributed by atoms with van der Waals surface area (Å²) in [4.78, 5) is 13.8. The monoisotopic (exact) mass is 333 g/mol. The van der Waals surface area contributed by atoms with E-state index in [4.69, 9.17) is 4.74 Å². The van der Waals surface area contributed by atoms with Gasteiger partial charge in [0.05, 0.1) is 5.56 Å². The van der Waals surface area contributed by atoms with Crippen LogP contribution in [0.5, 0.6) is 5.75 Å². The second-order valence-corrected chi connectivity index (χ2v) is 7.52. The predicted octanol–water partition coefficient (Wildman–Crippen LogP) is 2.59. The number of nitrogens with zero attached hydrogens (tertiary/aromatic N) is 1. The van der Waals surface area contributed by atoms with Crippen LogP contribution in [0.2, 0.25) is 0 Å². The average Bonchev–Trinajstić information content (AvgIpc) is 2.55. The standard InChI is InChI=1S/C17H19NO4S/c1-13(18(2)3)23(20,21)16-12-8-7-11-15(16)22-17(19)14-9-5-4-6-10-14/h4-13H,1-3H3. The highest BCUT2D eigenvalue weighted by atomic mass is 32.2. The number of benzene rings is 2. The number of esters is 1. The van der Waals surface area contributed by atoms with E-state index in [1.54, 1.807) is 68.4 Å². The van der Waals surface area contributed by atoms with Crippen LogP contribution in [0.25, 0.3) is 0 Å². The maximum absolute atomic E-state index is 12.7. The molecule has 0 radical (unpaired) electrons. The van der Waals surface area contributed by atoms with Crippen molar-refractivity contribution in [1.29, 1.82) is 0 Å². The van der Waals surface area contributed by atoms with Crippen molar-refractivity contribution in [3.05, 3.63) is 60.2 Å². The molecule has 0 aromatic heterocycles. The summed E-state index contributed by atoms with van der Waals surface area (Å²) in [6.45, 7) is 1.59. The van der Waals surface area contributed by atoms with Gasteiger partial charge in [-0.05, 0) is 45.3 Å². The highest BCUT2D eigenvalue weighted by Crippen LogP contribution is 2.28. The molecule has 5 nitrogen and oxygen atoms in total. The minimum Gasteiger partial charge on any atom is -0.422 e. The molecule has 0 aliphatic carbocycles. The van der Waals surface area contributed by atoms with Crippen molar-refractivity contribution in [2.75, 3.05) is 14.1 Å². The summed E-state index contributed by atoms with van der Waals surface area (Å²) < 4.78 is 30.7. The lowest BCUT2D eigenvalue weighted by Crippen LogP contribution is -2.33. The Bertz CT molecular complexity index is 785. The average molecular weight is 333 g/mol. The van der Waals surface area contributed by atoms with Gasteiger partial charge >= 0.3 is 5.97 Å². The van der Waals surface area contributed by atoms with Crippen LogP contribution in [-0.2, 0) is 9.84 Å². The van der Waals surface area contributed by atoms with Crippen molar-refractivity contribution in [1.82, 2.24) is 4.90 Å². The minimum atomic E-state index is -3.65. The van der Waals surface area contributed by atoms with E-state index in [1.165, 1.54) is 12.1 Å². The van der Waals surface area contributed by atoms with Gasteiger partial charge in [0.2, 0.25) is 0 Å². The summed E-state index contributed by atoms with van der Waals surface area (Å²) >= 11 is 0. The number of para-hydroxylation sites is 1. The van der Waals surface area contributed by atoms with E-state index in [-0.39, 0.29) is 10.6 Å². The highest BCUT2D eigenvalue weighted by Gasteiger charge is 2.28. The molecule has 2 aromatic rings. The van der Waals surface area contributed by atoms with E-state index in [9.17, 15) is 13.2 Å². The Morgan fingerprint density at radius 1 is 1.00 bits per heavy atom. The van der Waals surface area contributed by atoms with E-state index in [1.807, 2.05) is 0 Å². The first kappa shape index (κ1) is 17.2. The van der Waals surface area contributed by atoms with Crippen molar-refractivity contribution in [3.63, 3.8) is 0 Å². The maximum atomic E-state index is 12.7. The van der Waals surface area contributed by atoms with Gasteiger partial charge in [0, 0.05) is 0 Å². The lowest BCUT2D eigenvalue weighted by atomic mass is 10.2. The number of carbonyl (C=O) groups is 1. The number of sulfone groups is 1. The number of hydrogen-bond donors (Lipinski definition) is 0. The molecule has 0 fully saturated rings. The van der Waals surface area contributed by atoms with Crippen molar-refractivity contribution >= 4 is 15.8 Å². The van der Waals surface area contributed by atoms with Gasteiger partial charge in [0.15, 0.2) is 9.84 Å². The fourth-order valence-electron chi connectivity index (χ4n) is 1.96. The summed E-state index contributed by atoms with van der Waals surface area (Å²) in [5.41, 5.74) is 0.361. The molecule has 0 aliphatic heterocycles. The van der Waals surface area contributed by atoms with Crippen molar-refractivity contribution < 1.29 is 17.9 Å².